The van der Waals surface area contributed by atoms with Crippen LogP contribution in [-0.2, 0) is 11.2 Å². The molecule has 0 saturated carbocycles. The highest BCUT2D eigenvalue weighted by Gasteiger charge is 2.24. The van der Waals surface area contributed by atoms with Crippen LogP contribution in [0.4, 0.5) is 0 Å². The number of hydrazine groups is 1. The van der Waals surface area contributed by atoms with E-state index in [0.29, 0.717) is 5.92 Å². The maximum absolute atomic E-state index is 5.70. The van der Waals surface area contributed by atoms with Gasteiger partial charge in [0.05, 0.1) is 13.7 Å². The van der Waals surface area contributed by atoms with Crippen molar-refractivity contribution in [2.75, 3.05) is 20.3 Å². The molecule has 2 unspecified atom stereocenters. The molecule has 1 saturated heterocycles. The van der Waals surface area contributed by atoms with Gasteiger partial charge in [-0.3, -0.25) is 11.3 Å². The summed E-state index contributed by atoms with van der Waals surface area (Å²) >= 11 is 0. The predicted molar refractivity (Wildman–Crippen MR) is 71.4 cm³/mol. The summed E-state index contributed by atoms with van der Waals surface area (Å²) in [4.78, 5) is 0. The summed E-state index contributed by atoms with van der Waals surface area (Å²) in [7, 11) is 1.70. The monoisotopic (exact) mass is 250 g/mol. The van der Waals surface area contributed by atoms with Crippen LogP contribution >= 0.6 is 0 Å². The molecule has 1 fully saturated rings. The molecule has 1 heterocycles. The maximum atomic E-state index is 5.70. The van der Waals surface area contributed by atoms with Crippen molar-refractivity contribution in [3.8, 4) is 5.75 Å². The predicted octanol–water partition coefficient (Wildman–Crippen LogP) is 1.50. The molecule has 3 N–H and O–H groups in total. The first kappa shape index (κ1) is 13.3. The highest BCUT2D eigenvalue weighted by molar-refractivity contribution is 5.33. The minimum absolute atomic E-state index is 0.238. The average molecular weight is 250 g/mol. The van der Waals surface area contributed by atoms with E-state index in [1.54, 1.807) is 7.11 Å². The standard InChI is InChI=1S/C14H22N2O2/c1-17-14-7-3-2-5-11(14)9-13(16-15)12-6-4-8-18-10-12/h2-3,5,7,12-13,16H,4,6,8-10,15H2,1H3. The molecule has 18 heavy (non-hydrogen) atoms. The fraction of sp³-hybridized carbons (Fsp3) is 0.571. The summed E-state index contributed by atoms with van der Waals surface area (Å²) in [5.41, 5.74) is 4.12. The van der Waals surface area contributed by atoms with Crippen molar-refractivity contribution in [2.24, 2.45) is 11.8 Å². The lowest BCUT2D eigenvalue weighted by Gasteiger charge is -2.30. The van der Waals surface area contributed by atoms with Crippen molar-refractivity contribution in [1.29, 1.82) is 0 Å². The zero-order valence-corrected chi connectivity index (χ0v) is 10.9. The molecule has 0 spiro atoms. The number of para-hydroxylation sites is 1. The van der Waals surface area contributed by atoms with Crippen molar-refractivity contribution in [3.05, 3.63) is 29.8 Å². The maximum Gasteiger partial charge on any atom is 0.122 e. The molecule has 1 aromatic carbocycles. The molecule has 4 heteroatoms. The first-order chi connectivity index (χ1) is 8.85. The van der Waals surface area contributed by atoms with E-state index in [0.717, 1.165) is 31.8 Å². The third kappa shape index (κ3) is 3.22. The lowest BCUT2D eigenvalue weighted by molar-refractivity contribution is 0.0392. The summed E-state index contributed by atoms with van der Waals surface area (Å²) < 4.78 is 10.9. The first-order valence-electron chi connectivity index (χ1n) is 6.51. The molecule has 0 bridgehead atoms. The molecule has 2 rings (SSSR count). The number of hydrogen-bond acceptors (Lipinski definition) is 4. The highest BCUT2D eigenvalue weighted by atomic mass is 16.5. The molecule has 0 radical (unpaired) electrons. The molecular formula is C14H22N2O2. The second-order valence-electron chi connectivity index (χ2n) is 4.77. The summed E-state index contributed by atoms with van der Waals surface area (Å²) in [6, 6.07) is 8.33. The van der Waals surface area contributed by atoms with Crippen molar-refractivity contribution >= 4 is 0 Å². The molecule has 0 amide bonds. The number of ether oxygens (including phenoxy) is 2. The van der Waals surface area contributed by atoms with Crippen LogP contribution in [0.2, 0.25) is 0 Å². The minimum atomic E-state index is 0.238. The zero-order chi connectivity index (χ0) is 12.8. The van der Waals surface area contributed by atoms with E-state index in [1.165, 1.54) is 12.0 Å². The van der Waals surface area contributed by atoms with E-state index in [4.69, 9.17) is 15.3 Å². The quantitative estimate of drug-likeness (QED) is 0.614. The third-order valence-electron chi connectivity index (χ3n) is 3.61. The van der Waals surface area contributed by atoms with Crippen LogP contribution < -0.4 is 16.0 Å². The first-order valence-corrected chi connectivity index (χ1v) is 6.51. The van der Waals surface area contributed by atoms with E-state index in [2.05, 4.69) is 11.5 Å². The Morgan fingerprint density at radius 1 is 1.50 bits per heavy atom. The van der Waals surface area contributed by atoms with E-state index in [-0.39, 0.29) is 6.04 Å². The van der Waals surface area contributed by atoms with Gasteiger partial charge in [0.25, 0.3) is 0 Å². The number of nitrogens with two attached hydrogens (primary N) is 1. The fourth-order valence-electron chi connectivity index (χ4n) is 2.55. The molecule has 4 nitrogen and oxygen atoms in total. The smallest absolute Gasteiger partial charge is 0.122 e. The zero-order valence-electron chi connectivity index (χ0n) is 10.9. The van der Waals surface area contributed by atoms with Crippen LogP contribution in [0.5, 0.6) is 5.75 Å². The Morgan fingerprint density at radius 2 is 2.33 bits per heavy atom. The van der Waals surface area contributed by atoms with Crippen LogP contribution in [0.15, 0.2) is 24.3 Å². The largest absolute Gasteiger partial charge is 0.496 e. The van der Waals surface area contributed by atoms with Crippen LogP contribution in [0.25, 0.3) is 0 Å². The van der Waals surface area contributed by atoms with Gasteiger partial charge in [-0.05, 0) is 36.8 Å². The van der Waals surface area contributed by atoms with Gasteiger partial charge in [0, 0.05) is 12.6 Å². The molecule has 100 valence electrons. The lowest BCUT2D eigenvalue weighted by atomic mass is 9.89. The minimum Gasteiger partial charge on any atom is -0.496 e. The Labute approximate surface area is 108 Å². The number of hydrogen-bond donors (Lipinski definition) is 2. The number of methoxy groups -OCH3 is 1. The normalized spacial score (nSPS) is 21.6. The summed E-state index contributed by atoms with van der Waals surface area (Å²) in [5.74, 6) is 7.10. The van der Waals surface area contributed by atoms with Crippen LogP contribution in [-0.4, -0.2) is 26.4 Å². The summed E-state index contributed by atoms with van der Waals surface area (Å²) in [6.45, 7) is 1.67. The van der Waals surface area contributed by atoms with E-state index in [9.17, 15) is 0 Å². The fourth-order valence-corrected chi connectivity index (χ4v) is 2.55. The van der Waals surface area contributed by atoms with Crippen molar-refractivity contribution in [3.63, 3.8) is 0 Å². The van der Waals surface area contributed by atoms with Gasteiger partial charge in [0.1, 0.15) is 5.75 Å². The van der Waals surface area contributed by atoms with Crippen molar-refractivity contribution in [2.45, 2.75) is 25.3 Å². The van der Waals surface area contributed by atoms with Crippen molar-refractivity contribution in [1.82, 2.24) is 5.43 Å². The molecule has 1 aliphatic heterocycles. The van der Waals surface area contributed by atoms with Gasteiger partial charge < -0.3 is 9.47 Å². The molecule has 1 aliphatic rings. The van der Waals surface area contributed by atoms with Gasteiger partial charge in [0.2, 0.25) is 0 Å². The summed E-state index contributed by atoms with van der Waals surface area (Å²) in [6.07, 6.45) is 3.16. The van der Waals surface area contributed by atoms with Gasteiger partial charge in [-0.15, -0.1) is 0 Å². The molecule has 2 atom stereocenters. The number of nitrogens with one attached hydrogen (secondary N) is 1. The van der Waals surface area contributed by atoms with Gasteiger partial charge >= 0.3 is 0 Å². The Bertz CT molecular complexity index is 365. The topological polar surface area (TPSA) is 56.5 Å². The van der Waals surface area contributed by atoms with E-state index >= 15 is 0 Å². The van der Waals surface area contributed by atoms with E-state index < -0.39 is 0 Å². The molecule has 0 aliphatic carbocycles. The van der Waals surface area contributed by atoms with Gasteiger partial charge in [-0.25, -0.2) is 0 Å². The second kappa shape index (κ2) is 6.73. The Balaban J connectivity index is 2.04. The second-order valence-corrected chi connectivity index (χ2v) is 4.77. The Morgan fingerprint density at radius 3 is 3.00 bits per heavy atom. The van der Waals surface area contributed by atoms with Gasteiger partial charge in [-0.1, -0.05) is 18.2 Å². The van der Waals surface area contributed by atoms with Crippen LogP contribution in [0, 0.1) is 5.92 Å². The lowest BCUT2D eigenvalue weighted by Crippen LogP contribution is -2.45. The van der Waals surface area contributed by atoms with Gasteiger partial charge in [-0.2, -0.15) is 0 Å². The number of rotatable bonds is 5. The summed E-state index contributed by atoms with van der Waals surface area (Å²) in [5, 5.41) is 0. The van der Waals surface area contributed by atoms with Crippen LogP contribution in [0.3, 0.4) is 0 Å². The molecular weight excluding hydrogens is 228 g/mol. The average Bonchev–Trinajstić information content (AvgIpc) is 2.46. The highest BCUT2D eigenvalue weighted by Crippen LogP contribution is 2.24. The Kier molecular flexibility index (Phi) is 4.99. The van der Waals surface area contributed by atoms with E-state index in [1.807, 2.05) is 18.2 Å². The van der Waals surface area contributed by atoms with Crippen molar-refractivity contribution < 1.29 is 9.47 Å². The molecule has 1 aromatic rings. The Hall–Kier alpha value is -1.10. The van der Waals surface area contributed by atoms with Crippen LogP contribution in [0.1, 0.15) is 18.4 Å². The number of benzene rings is 1. The molecule has 0 aromatic heterocycles. The third-order valence-corrected chi connectivity index (χ3v) is 3.61. The van der Waals surface area contributed by atoms with Gasteiger partial charge in [0.15, 0.2) is 0 Å². The SMILES string of the molecule is COc1ccccc1CC(NN)C1CCCOC1.